The second-order valence-electron chi connectivity index (χ2n) is 3.64. The van der Waals surface area contributed by atoms with Crippen molar-refractivity contribution in [2.24, 2.45) is 0 Å². The first-order chi connectivity index (χ1) is 8.29. The van der Waals surface area contributed by atoms with Gasteiger partial charge in [0, 0.05) is 6.54 Å². The van der Waals surface area contributed by atoms with Crippen molar-refractivity contribution in [3.8, 4) is 5.75 Å². The molecule has 1 amide bonds. The highest BCUT2D eigenvalue weighted by molar-refractivity contribution is 5.96. The molecule has 0 radical (unpaired) electrons. The van der Waals surface area contributed by atoms with Crippen molar-refractivity contribution in [3.63, 3.8) is 0 Å². The minimum absolute atomic E-state index is 0.0786. The Morgan fingerprint density at radius 3 is 2.76 bits per heavy atom. The van der Waals surface area contributed by atoms with Gasteiger partial charge >= 0.3 is 0 Å². The summed E-state index contributed by atoms with van der Waals surface area (Å²) >= 11 is 0. The Balaban J connectivity index is 2.55. The molecule has 0 aliphatic heterocycles. The van der Waals surface area contributed by atoms with Gasteiger partial charge < -0.3 is 15.4 Å². The summed E-state index contributed by atoms with van der Waals surface area (Å²) in [6, 6.07) is 7.29. The minimum Gasteiger partial charge on any atom is -0.493 e. The lowest BCUT2D eigenvalue weighted by Gasteiger charge is -2.10. The first-order valence-corrected chi connectivity index (χ1v) is 5.94. The number of rotatable bonds is 7. The zero-order valence-corrected chi connectivity index (χ0v) is 10.5. The summed E-state index contributed by atoms with van der Waals surface area (Å²) in [4.78, 5) is 11.9. The van der Waals surface area contributed by atoms with Crippen LogP contribution < -0.4 is 15.4 Å². The molecule has 2 N–H and O–H groups in total. The number of hydrogen-bond acceptors (Lipinski definition) is 3. The maximum absolute atomic E-state index is 11.9. The van der Waals surface area contributed by atoms with E-state index in [1.54, 1.807) is 6.07 Å². The number of para-hydroxylation sites is 1. The normalized spacial score (nSPS) is 10.0. The third-order valence-corrected chi connectivity index (χ3v) is 2.32. The maximum atomic E-state index is 11.9. The summed E-state index contributed by atoms with van der Waals surface area (Å²) < 4.78 is 5.41. The van der Waals surface area contributed by atoms with E-state index in [-0.39, 0.29) is 5.91 Å². The number of amides is 1. The van der Waals surface area contributed by atoms with Crippen LogP contribution >= 0.6 is 0 Å². The second-order valence-corrected chi connectivity index (χ2v) is 3.64. The molecule has 1 rings (SSSR count). The first kappa shape index (κ1) is 13.5. The lowest BCUT2D eigenvalue weighted by molar-refractivity contribution is 0.0949. The lowest BCUT2D eigenvalue weighted by atomic mass is 10.2. The average Bonchev–Trinajstić information content (AvgIpc) is 2.35. The molecular weight excluding hydrogens is 216 g/mol. The largest absolute Gasteiger partial charge is 0.493 e. The third kappa shape index (κ3) is 4.44. The average molecular weight is 236 g/mol. The molecule has 4 heteroatoms. The molecule has 1 aromatic carbocycles. The van der Waals surface area contributed by atoms with E-state index in [1.807, 2.05) is 32.2 Å². The van der Waals surface area contributed by atoms with Crippen molar-refractivity contribution in [2.75, 3.05) is 26.7 Å². The summed E-state index contributed by atoms with van der Waals surface area (Å²) in [7, 11) is 1.90. The van der Waals surface area contributed by atoms with Crippen LogP contribution in [-0.2, 0) is 0 Å². The highest BCUT2D eigenvalue weighted by Crippen LogP contribution is 2.17. The molecule has 0 bridgehead atoms. The number of benzene rings is 1. The van der Waals surface area contributed by atoms with Crippen LogP contribution in [0.3, 0.4) is 0 Å². The van der Waals surface area contributed by atoms with Gasteiger partial charge in [0.15, 0.2) is 0 Å². The van der Waals surface area contributed by atoms with E-state index in [2.05, 4.69) is 10.6 Å². The molecule has 0 saturated carbocycles. The van der Waals surface area contributed by atoms with E-state index in [1.165, 1.54) is 0 Å². The van der Waals surface area contributed by atoms with Gasteiger partial charge in [-0.3, -0.25) is 4.79 Å². The predicted octanol–water partition coefficient (Wildman–Crippen LogP) is 1.42. The number of carbonyl (C=O) groups excluding carboxylic acids is 1. The Morgan fingerprint density at radius 1 is 1.29 bits per heavy atom. The van der Waals surface area contributed by atoms with Crippen molar-refractivity contribution >= 4 is 5.91 Å². The van der Waals surface area contributed by atoms with Crippen LogP contribution in [0.1, 0.15) is 23.7 Å². The predicted molar refractivity (Wildman–Crippen MR) is 68.5 cm³/mol. The summed E-state index contributed by atoms with van der Waals surface area (Å²) in [5.74, 6) is 0.561. The van der Waals surface area contributed by atoms with Gasteiger partial charge in [0.2, 0.25) is 0 Å². The number of nitrogens with one attached hydrogen (secondary N) is 2. The van der Waals surface area contributed by atoms with Gasteiger partial charge in [0.1, 0.15) is 5.75 Å². The van der Waals surface area contributed by atoms with Gasteiger partial charge in [-0.15, -0.1) is 0 Å². The van der Waals surface area contributed by atoms with Gasteiger partial charge in [-0.2, -0.15) is 0 Å². The number of hydrogen-bond donors (Lipinski definition) is 2. The Hall–Kier alpha value is -1.55. The number of ether oxygens (including phenoxy) is 1. The second kappa shape index (κ2) is 7.68. The van der Waals surface area contributed by atoms with E-state index in [0.717, 1.165) is 13.0 Å². The quantitative estimate of drug-likeness (QED) is 0.704. The van der Waals surface area contributed by atoms with E-state index >= 15 is 0 Å². The molecular formula is C13H20N2O2. The topological polar surface area (TPSA) is 50.4 Å². The molecule has 4 nitrogen and oxygen atoms in total. The zero-order valence-electron chi connectivity index (χ0n) is 10.5. The van der Waals surface area contributed by atoms with Crippen LogP contribution in [0.25, 0.3) is 0 Å². The van der Waals surface area contributed by atoms with E-state index < -0.39 is 0 Å². The van der Waals surface area contributed by atoms with Gasteiger partial charge in [-0.25, -0.2) is 0 Å². The summed E-state index contributed by atoms with van der Waals surface area (Å²) in [6.45, 7) is 4.03. The maximum Gasteiger partial charge on any atom is 0.255 e. The van der Waals surface area contributed by atoms with Gasteiger partial charge in [0.05, 0.1) is 12.2 Å². The monoisotopic (exact) mass is 236 g/mol. The van der Waals surface area contributed by atoms with Crippen LogP contribution in [0.2, 0.25) is 0 Å². The molecule has 0 aromatic heterocycles. The molecule has 0 saturated heterocycles. The Bertz CT molecular complexity index is 353. The van der Waals surface area contributed by atoms with Crippen LogP contribution in [0, 0.1) is 0 Å². The lowest BCUT2D eigenvalue weighted by Crippen LogP contribution is -2.27. The highest BCUT2D eigenvalue weighted by Gasteiger charge is 2.10. The van der Waals surface area contributed by atoms with E-state index in [0.29, 0.717) is 24.5 Å². The van der Waals surface area contributed by atoms with Crippen LogP contribution in [-0.4, -0.2) is 32.7 Å². The first-order valence-electron chi connectivity index (χ1n) is 5.94. The summed E-state index contributed by atoms with van der Waals surface area (Å²) in [5, 5.41) is 5.91. The van der Waals surface area contributed by atoms with Gasteiger partial charge in [-0.1, -0.05) is 12.1 Å². The molecule has 0 aliphatic carbocycles. The van der Waals surface area contributed by atoms with Crippen molar-refractivity contribution in [3.05, 3.63) is 29.8 Å². The molecule has 1 aromatic rings. The highest BCUT2D eigenvalue weighted by atomic mass is 16.5. The van der Waals surface area contributed by atoms with Crippen molar-refractivity contribution in [2.45, 2.75) is 13.3 Å². The fourth-order valence-corrected chi connectivity index (χ4v) is 1.50. The minimum atomic E-state index is -0.0786. The van der Waals surface area contributed by atoms with Crippen LogP contribution in [0.4, 0.5) is 0 Å². The van der Waals surface area contributed by atoms with Crippen LogP contribution in [0.5, 0.6) is 5.75 Å². The van der Waals surface area contributed by atoms with Crippen molar-refractivity contribution in [1.82, 2.24) is 10.6 Å². The standard InChI is InChI=1S/C13H20N2O2/c1-3-17-12-8-5-4-7-11(12)13(16)15-10-6-9-14-2/h4-5,7-8,14H,3,6,9-10H2,1-2H3,(H,15,16). The molecule has 0 heterocycles. The van der Waals surface area contributed by atoms with Gasteiger partial charge in [-0.05, 0) is 39.1 Å². The van der Waals surface area contributed by atoms with Crippen molar-refractivity contribution < 1.29 is 9.53 Å². The third-order valence-electron chi connectivity index (χ3n) is 2.32. The Kier molecular flexibility index (Phi) is 6.10. The van der Waals surface area contributed by atoms with E-state index in [4.69, 9.17) is 4.74 Å². The molecule has 0 spiro atoms. The summed E-state index contributed by atoms with van der Waals surface area (Å²) in [5.41, 5.74) is 0.596. The molecule has 0 unspecified atom stereocenters. The molecule has 0 aliphatic rings. The van der Waals surface area contributed by atoms with Gasteiger partial charge in [0.25, 0.3) is 5.91 Å². The smallest absolute Gasteiger partial charge is 0.255 e. The Labute approximate surface area is 102 Å². The molecule has 94 valence electrons. The van der Waals surface area contributed by atoms with E-state index in [9.17, 15) is 4.79 Å². The Morgan fingerprint density at radius 2 is 2.06 bits per heavy atom. The SMILES string of the molecule is CCOc1ccccc1C(=O)NCCCNC. The molecule has 0 fully saturated rings. The number of carbonyl (C=O) groups is 1. The van der Waals surface area contributed by atoms with Crippen molar-refractivity contribution in [1.29, 1.82) is 0 Å². The zero-order chi connectivity index (χ0) is 12.5. The fourth-order valence-electron chi connectivity index (χ4n) is 1.50. The fraction of sp³-hybridized carbons (Fsp3) is 0.462. The summed E-state index contributed by atoms with van der Waals surface area (Å²) in [6.07, 6.45) is 0.916. The molecule has 0 atom stereocenters. The molecule has 17 heavy (non-hydrogen) atoms. The van der Waals surface area contributed by atoms with Crippen LogP contribution in [0.15, 0.2) is 24.3 Å².